The van der Waals surface area contributed by atoms with Crippen LogP contribution in [0.2, 0.25) is 0 Å². The van der Waals surface area contributed by atoms with Crippen LogP contribution in [0.25, 0.3) is 6.08 Å². The largest absolute Gasteiger partial charge is 0.496 e. The van der Waals surface area contributed by atoms with Crippen molar-refractivity contribution in [3.8, 4) is 5.75 Å². The summed E-state index contributed by atoms with van der Waals surface area (Å²) in [5, 5.41) is 8.35. The number of carboxylic acids is 1. The Hall–Kier alpha value is -1.91. The lowest BCUT2D eigenvalue weighted by Gasteiger charge is -2.05. The molecular formula is C10H8F2O3. The Kier molecular flexibility index (Phi) is 3.38. The van der Waals surface area contributed by atoms with Crippen molar-refractivity contribution >= 4 is 12.0 Å². The Balaban J connectivity index is 3.23. The van der Waals surface area contributed by atoms with Gasteiger partial charge in [-0.1, -0.05) is 0 Å². The Morgan fingerprint density at radius 2 is 2.13 bits per heavy atom. The monoisotopic (exact) mass is 214 g/mol. The van der Waals surface area contributed by atoms with Crippen molar-refractivity contribution in [2.45, 2.75) is 0 Å². The number of rotatable bonds is 3. The molecule has 0 aliphatic heterocycles. The van der Waals surface area contributed by atoms with Gasteiger partial charge in [-0.15, -0.1) is 0 Å². The molecule has 0 heterocycles. The van der Waals surface area contributed by atoms with Crippen LogP contribution in [0.15, 0.2) is 18.2 Å². The van der Waals surface area contributed by atoms with Gasteiger partial charge >= 0.3 is 5.97 Å². The SMILES string of the molecule is COc1ccc(F)c(F)c1C=CC(=O)O. The van der Waals surface area contributed by atoms with Gasteiger partial charge in [-0.2, -0.15) is 0 Å². The maximum absolute atomic E-state index is 13.2. The molecule has 1 aromatic rings. The van der Waals surface area contributed by atoms with Crippen LogP contribution < -0.4 is 4.74 Å². The van der Waals surface area contributed by atoms with E-state index < -0.39 is 17.6 Å². The van der Waals surface area contributed by atoms with Gasteiger partial charge in [0.25, 0.3) is 0 Å². The molecule has 0 aliphatic rings. The number of carboxylic acid groups (broad SMARTS) is 1. The number of aliphatic carboxylic acids is 1. The Labute approximate surface area is 84.6 Å². The van der Waals surface area contributed by atoms with E-state index in [0.717, 1.165) is 12.1 Å². The van der Waals surface area contributed by atoms with Crippen molar-refractivity contribution in [2.75, 3.05) is 7.11 Å². The molecular weight excluding hydrogens is 206 g/mol. The van der Waals surface area contributed by atoms with E-state index in [1.165, 1.54) is 13.2 Å². The van der Waals surface area contributed by atoms with E-state index in [9.17, 15) is 13.6 Å². The molecule has 1 rings (SSSR count). The fraction of sp³-hybridized carbons (Fsp3) is 0.100. The molecule has 0 saturated carbocycles. The Morgan fingerprint density at radius 3 is 2.67 bits per heavy atom. The highest BCUT2D eigenvalue weighted by molar-refractivity contribution is 5.86. The third-order valence-corrected chi connectivity index (χ3v) is 1.71. The second-order valence-electron chi connectivity index (χ2n) is 2.65. The van der Waals surface area contributed by atoms with Crippen LogP contribution in [0.1, 0.15) is 5.56 Å². The number of carbonyl (C=O) groups is 1. The fourth-order valence-corrected chi connectivity index (χ4v) is 1.04. The smallest absolute Gasteiger partial charge is 0.328 e. The molecule has 5 heteroatoms. The van der Waals surface area contributed by atoms with Crippen LogP contribution in [0, 0.1) is 11.6 Å². The summed E-state index contributed by atoms with van der Waals surface area (Å²) < 4.78 is 30.8. The first-order valence-electron chi connectivity index (χ1n) is 3.99. The molecule has 1 N–H and O–H groups in total. The lowest BCUT2D eigenvalue weighted by atomic mass is 10.1. The molecule has 0 spiro atoms. The number of ether oxygens (including phenoxy) is 1. The topological polar surface area (TPSA) is 46.5 Å². The van der Waals surface area contributed by atoms with Gasteiger partial charge in [-0.05, 0) is 18.2 Å². The summed E-state index contributed by atoms with van der Waals surface area (Å²) >= 11 is 0. The lowest BCUT2D eigenvalue weighted by Crippen LogP contribution is -1.95. The van der Waals surface area contributed by atoms with Crippen molar-refractivity contribution < 1.29 is 23.4 Å². The quantitative estimate of drug-likeness (QED) is 0.783. The average molecular weight is 214 g/mol. The zero-order valence-electron chi connectivity index (χ0n) is 7.83. The normalized spacial score (nSPS) is 10.6. The molecule has 15 heavy (non-hydrogen) atoms. The summed E-state index contributed by atoms with van der Waals surface area (Å²) in [7, 11) is 1.28. The van der Waals surface area contributed by atoms with Gasteiger partial charge in [0.05, 0.1) is 12.7 Å². The molecule has 0 radical (unpaired) electrons. The molecule has 0 aliphatic carbocycles. The van der Waals surface area contributed by atoms with Gasteiger partial charge < -0.3 is 9.84 Å². The van der Waals surface area contributed by atoms with Crippen LogP contribution in [0.4, 0.5) is 8.78 Å². The summed E-state index contributed by atoms with van der Waals surface area (Å²) in [4.78, 5) is 10.2. The van der Waals surface area contributed by atoms with Gasteiger partial charge in [0.15, 0.2) is 11.6 Å². The summed E-state index contributed by atoms with van der Waals surface area (Å²) in [5.74, 6) is -3.36. The molecule has 0 atom stereocenters. The Bertz CT molecular complexity index is 413. The number of hydrogen-bond donors (Lipinski definition) is 1. The van der Waals surface area contributed by atoms with Gasteiger partial charge in [0, 0.05) is 6.08 Å². The second kappa shape index (κ2) is 4.54. The zero-order valence-corrected chi connectivity index (χ0v) is 7.83. The van der Waals surface area contributed by atoms with E-state index in [1.807, 2.05) is 0 Å². The van der Waals surface area contributed by atoms with E-state index in [4.69, 9.17) is 9.84 Å². The molecule has 80 valence electrons. The van der Waals surface area contributed by atoms with Gasteiger partial charge in [-0.3, -0.25) is 0 Å². The van der Waals surface area contributed by atoms with E-state index in [1.54, 1.807) is 0 Å². The standard InChI is InChI=1S/C10H8F2O3/c1-15-8-4-3-7(11)10(12)6(8)2-5-9(13)14/h2-5H,1H3,(H,13,14). The number of halogens is 2. The van der Waals surface area contributed by atoms with Gasteiger partial charge in [0.2, 0.25) is 0 Å². The molecule has 0 fully saturated rings. The van der Waals surface area contributed by atoms with Crippen LogP contribution in [-0.4, -0.2) is 18.2 Å². The highest BCUT2D eigenvalue weighted by atomic mass is 19.2. The second-order valence-corrected chi connectivity index (χ2v) is 2.65. The average Bonchev–Trinajstić information content (AvgIpc) is 2.20. The van der Waals surface area contributed by atoms with Crippen molar-refractivity contribution in [3.63, 3.8) is 0 Å². The van der Waals surface area contributed by atoms with Crippen molar-refractivity contribution in [1.82, 2.24) is 0 Å². The lowest BCUT2D eigenvalue weighted by molar-refractivity contribution is -0.131. The van der Waals surface area contributed by atoms with E-state index in [2.05, 4.69) is 0 Å². The minimum absolute atomic E-state index is 0.0754. The highest BCUT2D eigenvalue weighted by Gasteiger charge is 2.11. The highest BCUT2D eigenvalue weighted by Crippen LogP contribution is 2.24. The Morgan fingerprint density at radius 1 is 1.47 bits per heavy atom. The third-order valence-electron chi connectivity index (χ3n) is 1.71. The van der Waals surface area contributed by atoms with Gasteiger partial charge in [0.1, 0.15) is 5.75 Å². The summed E-state index contributed by atoms with van der Waals surface area (Å²) in [6.07, 6.45) is 1.65. The summed E-state index contributed by atoms with van der Waals surface area (Å²) in [6, 6.07) is 2.13. The first kappa shape index (κ1) is 11.2. The van der Waals surface area contributed by atoms with Crippen LogP contribution in [0.5, 0.6) is 5.75 Å². The van der Waals surface area contributed by atoms with E-state index in [0.29, 0.717) is 6.08 Å². The number of benzene rings is 1. The van der Waals surface area contributed by atoms with Crippen molar-refractivity contribution in [1.29, 1.82) is 0 Å². The first-order chi connectivity index (χ1) is 7.06. The minimum Gasteiger partial charge on any atom is -0.496 e. The molecule has 3 nitrogen and oxygen atoms in total. The summed E-state index contributed by atoms with van der Waals surface area (Å²) in [5.41, 5.74) is -0.222. The summed E-state index contributed by atoms with van der Waals surface area (Å²) in [6.45, 7) is 0. The minimum atomic E-state index is -1.25. The predicted octanol–water partition coefficient (Wildman–Crippen LogP) is 2.07. The van der Waals surface area contributed by atoms with Crippen LogP contribution in [0.3, 0.4) is 0 Å². The maximum atomic E-state index is 13.2. The van der Waals surface area contributed by atoms with Gasteiger partial charge in [-0.25, -0.2) is 13.6 Å². The van der Waals surface area contributed by atoms with Crippen LogP contribution >= 0.6 is 0 Å². The first-order valence-corrected chi connectivity index (χ1v) is 3.99. The zero-order chi connectivity index (χ0) is 11.4. The molecule has 0 unspecified atom stereocenters. The van der Waals surface area contributed by atoms with Crippen LogP contribution in [-0.2, 0) is 4.79 Å². The molecule has 0 bridgehead atoms. The molecule has 1 aromatic carbocycles. The molecule has 0 aromatic heterocycles. The predicted molar refractivity (Wildman–Crippen MR) is 49.6 cm³/mol. The van der Waals surface area contributed by atoms with E-state index in [-0.39, 0.29) is 11.3 Å². The van der Waals surface area contributed by atoms with E-state index >= 15 is 0 Å². The third kappa shape index (κ3) is 2.52. The number of hydrogen-bond acceptors (Lipinski definition) is 2. The fourth-order valence-electron chi connectivity index (χ4n) is 1.04. The molecule has 0 saturated heterocycles. The maximum Gasteiger partial charge on any atom is 0.328 e. The van der Waals surface area contributed by atoms with Crippen molar-refractivity contribution in [2.24, 2.45) is 0 Å². The van der Waals surface area contributed by atoms with Crippen molar-refractivity contribution in [3.05, 3.63) is 35.4 Å². The number of methoxy groups -OCH3 is 1. The molecule has 0 amide bonds.